The maximum Gasteiger partial charge on any atom is 0.134 e. The first kappa shape index (κ1) is 14.3. The summed E-state index contributed by atoms with van der Waals surface area (Å²) in [7, 11) is 0. The highest BCUT2D eigenvalue weighted by Gasteiger charge is 2.20. The molecule has 1 N–H and O–H groups in total. The van der Waals surface area contributed by atoms with Crippen LogP contribution < -0.4 is 5.32 Å². The van der Waals surface area contributed by atoms with Gasteiger partial charge >= 0.3 is 0 Å². The molecule has 0 aliphatic carbocycles. The summed E-state index contributed by atoms with van der Waals surface area (Å²) in [6, 6.07) is 14.5. The Labute approximate surface area is 131 Å². The van der Waals surface area contributed by atoms with E-state index < -0.39 is 0 Å². The van der Waals surface area contributed by atoms with Gasteiger partial charge in [-0.1, -0.05) is 47.1 Å². The average Bonchev–Trinajstić information content (AvgIpc) is 2.89. The van der Waals surface area contributed by atoms with Crippen molar-refractivity contribution in [2.24, 2.45) is 0 Å². The first-order chi connectivity index (χ1) is 10.2. The first-order valence-corrected chi connectivity index (χ1v) is 7.65. The molecular weight excluding hydrogens is 333 g/mol. The Hall–Kier alpha value is -1.65. The van der Waals surface area contributed by atoms with Gasteiger partial charge in [0.05, 0.1) is 6.04 Å². The SMILES string of the molecule is CCNC(c1cc2ccccc2o1)c1ccc(F)cc1Br. The highest BCUT2D eigenvalue weighted by atomic mass is 79.9. The van der Waals surface area contributed by atoms with Gasteiger partial charge in [-0.25, -0.2) is 4.39 Å². The molecule has 3 rings (SSSR count). The molecule has 0 bridgehead atoms. The summed E-state index contributed by atoms with van der Waals surface area (Å²) < 4.78 is 20.0. The second kappa shape index (κ2) is 6.00. The van der Waals surface area contributed by atoms with Crippen molar-refractivity contribution in [1.29, 1.82) is 0 Å². The summed E-state index contributed by atoms with van der Waals surface area (Å²) in [5.41, 5.74) is 1.81. The first-order valence-electron chi connectivity index (χ1n) is 6.86. The largest absolute Gasteiger partial charge is 0.459 e. The van der Waals surface area contributed by atoms with Gasteiger partial charge in [-0.3, -0.25) is 0 Å². The fourth-order valence-corrected chi connectivity index (χ4v) is 3.03. The van der Waals surface area contributed by atoms with E-state index in [4.69, 9.17) is 4.42 Å². The Kier molecular flexibility index (Phi) is 4.08. The van der Waals surface area contributed by atoms with Crippen molar-refractivity contribution in [3.8, 4) is 0 Å². The van der Waals surface area contributed by atoms with Crippen LogP contribution in [0.1, 0.15) is 24.3 Å². The molecule has 1 atom stereocenters. The van der Waals surface area contributed by atoms with Crippen LogP contribution in [0, 0.1) is 5.82 Å². The summed E-state index contributed by atoms with van der Waals surface area (Å²) in [5, 5.41) is 4.45. The highest BCUT2D eigenvalue weighted by Crippen LogP contribution is 2.32. The van der Waals surface area contributed by atoms with Crippen LogP contribution >= 0.6 is 15.9 Å². The Morgan fingerprint density at radius 3 is 2.71 bits per heavy atom. The van der Waals surface area contributed by atoms with Gasteiger partial charge in [-0.05, 0) is 36.4 Å². The summed E-state index contributed by atoms with van der Waals surface area (Å²) in [5.74, 6) is 0.566. The molecule has 0 aliphatic heterocycles. The lowest BCUT2D eigenvalue weighted by atomic mass is 10.0. The minimum atomic E-state index is -0.259. The quantitative estimate of drug-likeness (QED) is 0.715. The van der Waals surface area contributed by atoms with E-state index in [2.05, 4.69) is 21.2 Å². The van der Waals surface area contributed by atoms with Crippen LogP contribution in [0.15, 0.2) is 57.4 Å². The summed E-state index contributed by atoms with van der Waals surface area (Å²) in [6.45, 7) is 2.82. The number of hydrogen-bond donors (Lipinski definition) is 1. The van der Waals surface area contributed by atoms with E-state index in [1.807, 2.05) is 37.3 Å². The maximum atomic E-state index is 13.3. The molecule has 1 heterocycles. The van der Waals surface area contributed by atoms with Crippen LogP contribution in [0.2, 0.25) is 0 Å². The topological polar surface area (TPSA) is 25.2 Å². The zero-order chi connectivity index (χ0) is 14.8. The minimum Gasteiger partial charge on any atom is -0.459 e. The van der Waals surface area contributed by atoms with Crippen LogP contribution in [-0.2, 0) is 0 Å². The van der Waals surface area contributed by atoms with Crippen LogP contribution in [-0.4, -0.2) is 6.54 Å². The second-order valence-electron chi connectivity index (χ2n) is 4.84. The van der Waals surface area contributed by atoms with Crippen molar-refractivity contribution in [2.45, 2.75) is 13.0 Å². The smallest absolute Gasteiger partial charge is 0.134 e. The summed E-state index contributed by atoms with van der Waals surface area (Å²) in [6.07, 6.45) is 0. The van der Waals surface area contributed by atoms with Crippen LogP contribution in [0.25, 0.3) is 11.0 Å². The van der Waals surface area contributed by atoms with E-state index >= 15 is 0 Å². The van der Waals surface area contributed by atoms with Crippen molar-refractivity contribution in [3.05, 3.63) is 70.1 Å². The number of para-hydroxylation sites is 1. The van der Waals surface area contributed by atoms with Gasteiger partial charge in [0, 0.05) is 9.86 Å². The lowest BCUT2D eigenvalue weighted by molar-refractivity contribution is 0.475. The van der Waals surface area contributed by atoms with Crippen molar-refractivity contribution in [1.82, 2.24) is 5.32 Å². The van der Waals surface area contributed by atoms with Crippen LogP contribution in [0.4, 0.5) is 4.39 Å². The standard InChI is InChI=1S/C17H15BrFNO/c1-2-20-17(13-8-7-12(19)10-14(13)18)16-9-11-5-3-4-6-15(11)21-16/h3-10,17,20H,2H2,1H3. The molecule has 3 aromatic rings. The molecule has 0 fully saturated rings. The number of halogens is 2. The molecule has 0 aliphatic rings. The molecule has 0 radical (unpaired) electrons. The van der Waals surface area contributed by atoms with Gasteiger partial charge in [0.25, 0.3) is 0 Å². The third-order valence-electron chi connectivity index (χ3n) is 3.41. The lowest BCUT2D eigenvalue weighted by Gasteiger charge is -2.17. The van der Waals surface area contributed by atoms with Gasteiger partial charge in [0.1, 0.15) is 17.2 Å². The van der Waals surface area contributed by atoms with Crippen molar-refractivity contribution in [3.63, 3.8) is 0 Å². The number of fused-ring (bicyclic) bond motifs is 1. The molecule has 108 valence electrons. The molecule has 0 saturated carbocycles. The van der Waals surface area contributed by atoms with Crippen LogP contribution in [0.5, 0.6) is 0 Å². The predicted octanol–water partition coefficient (Wildman–Crippen LogP) is 5.03. The van der Waals surface area contributed by atoms with Crippen LogP contribution in [0.3, 0.4) is 0 Å². The molecule has 1 unspecified atom stereocenters. The van der Waals surface area contributed by atoms with E-state index in [-0.39, 0.29) is 11.9 Å². The summed E-state index contributed by atoms with van der Waals surface area (Å²) in [4.78, 5) is 0. The Bertz CT molecular complexity index is 735. The Balaban J connectivity index is 2.08. The second-order valence-corrected chi connectivity index (χ2v) is 5.70. The van der Waals surface area contributed by atoms with Gasteiger partial charge in [0.15, 0.2) is 0 Å². The number of hydrogen-bond acceptors (Lipinski definition) is 2. The molecular formula is C17H15BrFNO. The summed E-state index contributed by atoms with van der Waals surface area (Å²) >= 11 is 3.44. The molecule has 0 amide bonds. The molecule has 4 heteroatoms. The fraction of sp³-hybridized carbons (Fsp3) is 0.176. The van der Waals surface area contributed by atoms with Gasteiger partial charge in [-0.15, -0.1) is 0 Å². The predicted molar refractivity (Wildman–Crippen MR) is 85.8 cm³/mol. The molecule has 0 spiro atoms. The normalized spacial score (nSPS) is 12.7. The maximum absolute atomic E-state index is 13.3. The van der Waals surface area contributed by atoms with Crippen molar-refractivity contribution in [2.75, 3.05) is 6.54 Å². The Morgan fingerprint density at radius 2 is 2.00 bits per heavy atom. The minimum absolute atomic E-state index is 0.114. The monoisotopic (exact) mass is 347 g/mol. The molecule has 1 aromatic heterocycles. The molecule has 21 heavy (non-hydrogen) atoms. The van der Waals surface area contributed by atoms with Crippen molar-refractivity contribution >= 4 is 26.9 Å². The third kappa shape index (κ3) is 2.87. The molecule has 2 aromatic carbocycles. The Morgan fingerprint density at radius 1 is 1.19 bits per heavy atom. The van der Waals surface area contributed by atoms with E-state index in [0.717, 1.165) is 33.3 Å². The highest BCUT2D eigenvalue weighted by molar-refractivity contribution is 9.10. The number of benzene rings is 2. The zero-order valence-corrected chi connectivity index (χ0v) is 13.2. The number of furan rings is 1. The number of rotatable bonds is 4. The van der Waals surface area contributed by atoms with Gasteiger partial charge in [-0.2, -0.15) is 0 Å². The van der Waals surface area contributed by atoms with Gasteiger partial charge in [0.2, 0.25) is 0 Å². The van der Waals surface area contributed by atoms with E-state index in [1.54, 1.807) is 6.07 Å². The average molecular weight is 348 g/mol. The van der Waals surface area contributed by atoms with E-state index in [9.17, 15) is 4.39 Å². The lowest BCUT2D eigenvalue weighted by Crippen LogP contribution is -2.21. The van der Waals surface area contributed by atoms with E-state index in [0.29, 0.717) is 0 Å². The zero-order valence-electron chi connectivity index (χ0n) is 11.6. The number of nitrogens with one attached hydrogen (secondary N) is 1. The van der Waals surface area contributed by atoms with Crippen molar-refractivity contribution < 1.29 is 8.81 Å². The third-order valence-corrected chi connectivity index (χ3v) is 4.10. The van der Waals surface area contributed by atoms with Gasteiger partial charge < -0.3 is 9.73 Å². The van der Waals surface area contributed by atoms with E-state index in [1.165, 1.54) is 12.1 Å². The molecule has 2 nitrogen and oxygen atoms in total. The fourth-order valence-electron chi connectivity index (χ4n) is 2.45. The molecule has 0 saturated heterocycles.